The Balaban J connectivity index is 2.02. The standard InChI is InChI=1S/C20H29N3O5/c1-11(2)20(5,10-21)22-16(24)13(4)28-19(27)12(3)23-17(25)14-8-6-7-9-15(14)18(23)26/h11-15H,6-9H2,1-5H3,(H,22,24). The molecule has 1 heterocycles. The lowest BCUT2D eigenvalue weighted by molar-refractivity contribution is -0.164. The fraction of sp³-hybridized carbons (Fsp3) is 0.750. The van der Waals surface area contributed by atoms with Crippen molar-refractivity contribution in [2.75, 3.05) is 0 Å². The number of hydrogen-bond acceptors (Lipinski definition) is 6. The Hall–Kier alpha value is -2.43. The Labute approximate surface area is 165 Å². The molecule has 0 radical (unpaired) electrons. The zero-order chi connectivity index (χ0) is 21.2. The van der Waals surface area contributed by atoms with Gasteiger partial charge in [-0.15, -0.1) is 0 Å². The molecule has 0 aromatic heterocycles. The maximum Gasteiger partial charge on any atom is 0.329 e. The third kappa shape index (κ3) is 4.03. The average Bonchev–Trinajstić information content (AvgIpc) is 2.91. The second-order valence-corrected chi connectivity index (χ2v) is 8.26. The van der Waals surface area contributed by atoms with E-state index >= 15 is 0 Å². The quantitative estimate of drug-likeness (QED) is 0.542. The van der Waals surface area contributed by atoms with Gasteiger partial charge in [0.15, 0.2) is 6.10 Å². The molecule has 5 unspecified atom stereocenters. The number of ether oxygens (including phenoxy) is 1. The first-order chi connectivity index (χ1) is 13.0. The van der Waals surface area contributed by atoms with Gasteiger partial charge in [0, 0.05) is 0 Å². The minimum Gasteiger partial charge on any atom is -0.451 e. The van der Waals surface area contributed by atoms with Crippen LogP contribution in [0.5, 0.6) is 0 Å². The van der Waals surface area contributed by atoms with E-state index in [4.69, 9.17) is 4.74 Å². The molecule has 2 fully saturated rings. The number of nitriles is 1. The molecular formula is C20H29N3O5. The maximum absolute atomic E-state index is 12.6. The van der Waals surface area contributed by atoms with Crippen molar-refractivity contribution >= 4 is 23.7 Å². The van der Waals surface area contributed by atoms with E-state index in [0.717, 1.165) is 17.7 Å². The second-order valence-electron chi connectivity index (χ2n) is 8.26. The van der Waals surface area contributed by atoms with Crippen LogP contribution >= 0.6 is 0 Å². The van der Waals surface area contributed by atoms with Gasteiger partial charge in [-0.2, -0.15) is 5.26 Å². The lowest BCUT2D eigenvalue weighted by atomic mass is 9.81. The van der Waals surface area contributed by atoms with Crippen molar-refractivity contribution in [1.82, 2.24) is 10.2 Å². The van der Waals surface area contributed by atoms with E-state index in [9.17, 15) is 24.4 Å². The smallest absolute Gasteiger partial charge is 0.329 e. The van der Waals surface area contributed by atoms with E-state index in [2.05, 4.69) is 11.4 Å². The molecule has 0 bridgehead atoms. The lowest BCUT2D eigenvalue weighted by Gasteiger charge is -2.29. The molecule has 2 aliphatic rings. The predicted molar refractivity (Wildman–Crippen MR) is 99.3 cm³/mol. The molecule has 0 aromatic carbocycles. The highest BCUT2D eigenvalue weighted by molar-refractivity contribution is 6.07. The third-order valence-electron chi connectivity index (χ3n) is 6.04. The first-order valence-electron chi connectivity index (χ1n) is 9.84. The van der Waals surface area contributed by atoms with Gasteiger partial charge in [0.2, 0.25) is 11.8 Å². The van der Waals surface area contributed by atoms with Crippen molar-refractivity contribution in [3.63, 3.8) is 0 Å². The van der Waals surface area contributed by atoms with E-state index in [0.29, 0.717) is 12.8 Å². The van der Waals surface area contributed by atoms with Gasteiger partial charge in [-0.05, 0) is 39.5 Å². The molecule has 2 rings (SSSR count). The van der Waals surface area contributed by atoms with Crippen molar-refractivity contribution < 1.29 is 23.9 Å². The first kappa shape index (κ1) is 21.9. The van der Waals surface area contributed by atoms with E-state index < -0.39 is 29.6 Å². The minimum atomic E-state index is -1.16. The highest BCUT2D eigenvalue weighted by Gasteiger charge is 2.51. The molecule has 3 amide bonds. The second kappa shape index (κ2) is 8.29. The molecule has 1 N–H and O–H groups in total. The molecule has 0 aromatic rings. The van der Waals surface area contributed by atoms with E-state index in [1.807, 2.05) is 0 Å². The van der Waals surface area contributed by atoms with E-state index in [1.54, 1.807) is 20.8 Å². The molecular weight excluding hydrogens is 362 g/mol. The van der Waals surface area contributed by atoms with Crippen molar-refractivity contribution in [3.05, 3.63) is 0 Å². The molecule has 5 atom stereocenters. The molecule has 8 heteroatoms. The van der Waals surface area contributed by atoms with Crippen molar-refractivity contribution in [2.45, 2.75) is 78.0 Å². The largest absolute Gasteiger partial charge is 0.451 e. The summed E-state index contributed by atoms with van der Waals surface area (Å²) in [7, 11) is 0. The van der Waals surface area contributed by atoms with Gasteiger partial charge in [0.05, 0.1) is 17.9 Å². The first-order valence-corrected chi connectivity index (χ1v) is 9.84. The van der Waals surface area contributed by atoms with Crippen LogP contribution in [0.25, 0.3) is 0 Å². The van der Waals surface area contributed by atoms with Crippen LogP contribution in [0.4, 0.5) is 0 Å². The molecule has 1 aliphatic carbocycles. The highest BCUT2D eigenvalue weighted by Crippen LogP contribution is 2.38. The minimum absolute atomic E-state index is 0.147. The van der Waals surface area contributed by atoms with Crippen LogP contribution in [0, 0.1) is 29.1 Å². The van der Waals surface area contributed by atoms with Gasteiger partial charge in [-0.1, -0.05) is 26.7 Å². The van der Waals surface area contributed by atoms with Crippen molar-refractivity contribution in [2.24, 2.45) is 17.8 Å². The SMILES string of the molecule is CC(OC(=O)C(C)N1C(=O)C2CCCCC2C1=O)C(=O)NC(C)(C#N)C(C)C. The van der Waals surface area contributed by atoms with Crippen molar-refractivity contribution in [3.8, 4) is 6.07 Å². The van der Waals surface area contributed by atoms with E-state index in [-0.39, 0.29) is 29.6 Å². The van der Waals surface area contributed by atoms with Crippen LogP contribution in [0.2, 0.25) is 0 Å². The summed E-state index contributed by atoms with van der Waals surface area (Å²) in [5, 5.41) is 11.9. The van der Waals surface area contributed by atoms with Gasteiger partial charge in [0.1, 0.15) is 11.6 Å². The highest BCUT2D eigenvalue weighted by atomic mass is 16.5. The Morgan fingerprint density at radius 2 is 1.64 bits per heavy atom. The van der Waals surface area contributed by atoms with Gasteiger partial charge in [0.25, 0.3) is 5.91 Å². The summed E-state index contributed by atoms with van der Waals surface area (Å²) in [5.74, 6) is -2.91. The predicted octanol–water partition coefficient (Wildman–Crippen LogP) is 1.54. The summed E-state index contributed by atoms with van der Waals surface area (Å²) in [5.41, 5.74) is -1.10. The zero-order valence-electron chi connectivity index (χ0n) is 17.2. The number of fused-ring (bicyclic) bond motifs is 1. The van der Waals surface area contributed by atoms with Crippen molar-refractivity contribution in [1.29, 1.82) is 5.26 Å². The number of carbonyl (C=O) groups excluding carboxylic acids is 4. The Bertz CT molecular complexity index is 689. The van der Waals surface area contributed by atoms with Gasteiger partial charge in [-0.25, -0.2) is 4.79 Å². The number of nitrogens with one attached hydrogen (secondary N) is 1. The molecule has 1 saturated carbocycles. The van der Waals surface area contributed by atoms with Crippen LogP contribution in [-0.2, 0) is 23.9 Å². The summed E-state index contributed by atoms with van der Waals surface area (Å²) in [4.78, 5) is 51.0. The van der Waals surface area contributed by atoms with Crippen LogP contribution in [-0.4, -0.2) is 46.3 Å². The number of carbonyl (C=O) groups is 4. The third-order valence-corrected chi connectivity index (χ3v) is 6.04. The summed E-state index contributed by atoms with van der Waals surface area (Å²) in [6.45, 7) is 8.02. The molecule has 8 nitrogen and oxygen atoms in total. The van der Waals surface area contributed by atoms with Crippen LogP contribution in [0.1, 0.15) is 60.3 Å². The van der Waals surface area contributed by atoms with Gasteiger partial charge in [-0.3, -0.25) is 19.3 Å². The molecule has 0 spiro atoms. The number of likely N-dealkylation sites (tertiary alicyclic amines) is 1. The number of esters is 1. The van der Waals surface area contributed by atoms with Crippen LogP contribution < -0.4 is 5.32 Å². The Kier molecular flexibility index (Phi) is 6.48. The average molecular weight is 391 g/mol. The van der Waals surface area contributed by atoms with Gasteiger partial charge < -0.3 is 10.1 Å². The number of imide groups is 1. The summed E-state index contributed by atoms with van der Waals surface area (Å²) >= 11 is 0. The number of nitrogens with zero attached hydrogens (tertiary/aromatic N) is 2. The zero-order valence-corrected chi connectivity index (χ0v) is 17.2. The molecule has 154 valence electrons. The van der Waals surface area contributed by atoms with Crippen LogP contribution in [0.3, 0.4) is 0 Å². The number of amides is 3. The number of hydrogen-bond donors (Lipinski definition) is 1. The monoisotopic (exact) mass is 391 g/mol. The lowest BCUT2D eigenvalue weighted by Crippen LogP contribution is -2.53. The summed E-state index contributed by atoms with van der Waals surface area (Å²) in [6.07, 6.45) is 1.97. The fourth-order valence-electron chi connectivity index (χ4n) is 3.66. The van der Waals surface area contributed by atoms with E-state index in [1.165, 1.54) is 13.8 Å². The van der Waals surface area contributed by atoms with Crippen LogP contribution in [0.15, 0.2) is 0 Å². The van der Waals surface area contributed by atoms with Gasteiger partial charge >= 0.3 is 5.97 Å². The molecule has 1 aliphatic heterocycles. The summed E-state index contributed by atoms with van der Waals surface area (Å²) in [6, 6.07) is 0.965. The molecule has 28 heavy (non-hydrogen) atoms. The Morgan fingerprint density at radius 1 is 1.14 bits per heavy atom. The normalized spacial score (nSPS) is 26.1. The maximum atomic E-state index is 12.6. The fourth-order valence-corrected chi connectivity index (χ4v) is 3.66. The number of rotatable bonds is 6. The molecule has 1 saturated heterocycles. The Morgan fingerprint density at radius 3 is 2.07 bits per heavy atom. The summed E-state index contributed by atoms with van der Waals surface area (Å²) < 4.78 is 5.20. The topological polar surface area (TPSA) is 117 Å².